The molecule has 0 saturated heterocycles. The van der Waals surface area contributed by atoms with Gasteiger partial charge in [-0.2, -0.15) is 0 Å². The number of aromatic nitrogens is 1. The first-order valence-corrected chi connectivity index (χ1v) is 10.1. The van der Waals surface area contributed by atoms with E-state index in [4.69, 9.17) is 11.6 Å². The number of unbranched alkanes of at least 4 members (excludes halogenated alkanes) is 1. The SMILES string of the molecule is C=CCCC[C@H]1CC[C@H](C#Cc2ccc(-c3ccc(Cl)c(F)c3)nc2)CC1. The van der Waals surface area contributed by atoms with Gasteiger partial charge in [-0.15, -0.1) is 6.58 Å². The highest BCUT2D eigenvalue weighted by atomic mass is 35.5. The van der Waals surface area contributed by atoms with Gasteiger partial charge < -0.3 is 0 Å². The van der Waals surface area contributed by atoms with Gasteiger partial charge in [0.05, 0.1) is 10.7 Å². The van der Waals surface area contributed by atoms with Crippen LogP contribution in [0.1, 0.15) is 50.5 Å². The summed E-state index contributed by atoms with van der Waals surface area (Å²) in [5.74, 6) is 7.60. The second-order valence-corrected chi connectivity index (χ2v) is 7.67. The molecule has 0 N–H and O–H groups in total. The minimum absolute atomic E-state index is 0.122. The molecule has 3 heteroatoms. The normalized spacial score (nSPS) is 19.2. The third-order valence-electron chi connectivity index (χ3n) is 5.27. The summed E-state index contributed by atoms with van der Waals surface area (Å²) in [5, 5.41) is 0.122. The van der Waals surface area contributed by atoms with Gasteiger partial charge in [-0.1, -0.05) is 42.0 Å². The molecule has 1 fully saturated rings. The number of nitrogens with zero attached hydrogens (tertiary/aromatic N) is 1. The summed E-state index contributed by atoms with van der Waals surface area (Å²) in [5.41, 5.74) is 2.34. The molecule has 1 aliphatic carbocycles. The largest absolute Gasteiger partial charge is 0.255 e. The first-order valence-electron chi connectivity index (χ1n) is 9.69. The van der Waals surface area contributed by atoms with E-state index in [9.17, 15) is 4.39 Å². The lowest BCUT2D eigenvalue weighted by atomic mass is 9.80. The van der Waals surface area contributed by atoms with Crippen LogP contribution in [0.25, 0.3) is 11.3 Å². The maximum Gasteiger partial charge on any atom is 0.142 e. The Labute approximate surface area is 166 Å². The molecule has 0 spiro atoms. The van der Waals surface area contributed by atoms with Crippen LogP contribution in [0.15, 0.2) is 49.2 Å². The topological polar surface area (TPSA) is 12.9 Å². The quantitative estimate of drug-likeness (QED) is 0.307. The van der Waals surface area contributed by atoms with Crippen molar-refractivity contribution in [2.75, 3.05) is 0 Å². The highest BCUT2D eigenvalue weighted by Gasteiger charge is 2.19. The Morgan fingerprint density at radius 3 is 2.67 bits per heavy atom. The molecule has 27 heavy (non-hydrogen) atoms. The van der Waals surface area contributed by atoms with Crippen molar-refractivity contribution in [3.8, 4) is 23.1 Å². The van der Waals surface area contributed by atoms with Crippen LogP contribution in [0.2, 0.25) is 5.02 Å². The lowest BCUT2D eigenvalue weighted by Crippen LogP contribution is -2.13. The molecule has 0 bridgehead atoms. The first-order chi connectivity index (χ1) is 13.2. The Kier molecular flexibility index (Phi) is 7.07. The van der Waals surface area contributed by atoms with Crippen LogP contribution in [0.3, 0.4) is 0 Å². The lowest BCUT2D eigenvalue weighted by molar-refractivity contribution is 0.297. The summed E-state index contributed by atoms with van der Waals surface area (Å²) >= 11 is 5.73. The van der Waals surface area contributed by atoms with E-state index in [1.165, 1.54) is 44.6 Å². The number of benzene rings is 1. The van der Waals surface area contributed by atoms with E-state index in [2.05, 4.69) is 23.4 Å². The van der Waals surface area contributed by atoms with E-state index in [0.29, 0.717) is 11.5 Å². The molecule has 0 amide bonds. The fourth-order valence-electron chi connectivity index (χ4n) is 3.63. The van der Waals surface area contributed by atoms with Gasteiger partial charge in [-0.25, -0.2) is 4.39 Å². The van der Waals surface area contributed by atoms with Crippen molar-refractivity contribution in [2.24, 2.45) is 11.8 Å². The van der Waals surface area contributed by atoms with Crippen molar-refractivity contribution in [3.63, 3.8) is 0 Å². The Balaban J connectivity index is 1.55. The van der Waals surface area contributed by atoms with Crippen molar-refractivity contribution in [2.45, 2.75) is 44.9 Å². The van der Waals surface area contributed by atoms with Gasteiger partial charge in [0.25, 0.3) is 0 Å². The van der Waals surface area contributed by atoms with Crippen LogP contribution in [-0.2, 0) is 0 Å². The third kappa shape index (κ3) is 5.68. The average molecular weight is 382 g/mol. The smallest absolute Gasteiger partial charge is 0.142 e. The molecule has 140 valence electrons. The lowest BCUT2D eigenvalue weighted by Gasteiger charge is -2.25. The maximum atomic E-state index is 13.6. The van der Waals surface area contributed by atoms with E-state index >= 15 is 0 Å². The molecule has 2 aromatic rings. The predicted octanol–water partition coefficient (Wildman–Crippen LogP) is 7.06. The summed E-state index contributed by atoms with van der Waals surface area (Å²) in [7, 11) is 0. The van der Waals surface area contributed by atoms with Crippen molar-refractivity contribution in [1.29, 1.82) is 0 Å². The van der Waals surface area contributed by atoms with Gasteiger partial charge in [0.15, 0.2) is 0 Å². The zero-order valence-corrected chi connectivity index (χ0v) is 16.3. The zero-order chi connectivity index (χ0) is 19.1. The molecule has 0 unspecified atom stereocenters. The Hall–Kier alpha value is -2.11. The van der Waals surface area contributed by atoms with E-state index in [0.717, 1.165) is 23.6 Å². The van der Waals surface area contributed by atoms with Gasteiger partial charge in [0.2, 0.25) is 0 Å². The molecule has 1 aromatic heterocycles. The Morgan fingerprint density at radius 1 is 1.19 bits per heavy atom. The summed E-state index contributed by atoms with van der Waals surface area (Å²) in [4.78, 5) is 4.42. The second-order valence-electron chi connectivity index (χ2n) is 7.27. The van der Waals surface area contributed by atoms with Crippen LogP contribution in [0.5, 0.6) is 0 Å². The molecule has 1 nitrogen and oxygen atoms in total. The number of hydrogen-bond acceptors (Lipinski definition) is 1. The predicted molar refractivity (Wildman–Crippen MR) is 111 cm³/mol. The van der Waals surface area contributed by atoms with E-state index in [1.807, 2.05) is 18.2 Å². The summed E-state index contributed by atoms with van der Waals surface area (Å²) in [6.07, 6.45) is 12.5. The van der Waals surface area contributed by atoms with Gasteiger partial charge in [-0.3, -0.25) is 4.98 Å². The van der Waals surface area contributed by atoms with E-state index in [-0.39, 0.29) is 5.02 Å². The second kappa shape index (κ2) is 9.72. The molecular weight excluding hydrogens is 357 g/mol. The summed E-state index contributed by atoms with van der Waals surface area (Å²) in [6, 6.07) is 8.55. The number of pyridine rings is 1. The maximum absolute atomic E-state index is 13.6. The minimum Gasteiger partial charge on any atom is -0.255 e. The molecule has 1 aliphatic rings. The van der Waals surface area contributed by atoms with E-state index < -0.39 is 5.82 Å². The van der Waals surface area contributed by atoms with Crippen LogP contribution in [0, 0.1) is 29.5 Å². The van der Waals surface area contributed by atoms with Crippen molar-refractivity contribution in [1.82, 2.24) is 4.98 Å². The van der Waals surface area contributed by atoms with E-state index in [1.54, 1.807) is 18.3 Å². The molecule has 0 aliphatic heterocycles. The highest BCUT2D eigenvalue weighted by molar-refractivity contribution is 6.30. The van der Waals surface area contributed by atoms with Crippen molar-refractivity contribution >= 4 is 11.6 Å². The number of halogens is 2. The van der Waals surface area contributed by atoms with Gasteiger partial charge in [-0.05, 0) is 68.7 Å². The fourth-order valence-corrected chi connectivity index (χ4v) is 3.74. The summed E-state index contributed by atoms with van der Waals surface area (Å²) < 4.78 is 13.6. The van der Waals surface area contributed by atoms with Gasteiger partial charge in [0.1, 0.15) is 5.82 Å². The third-order valence-corrected chi connectivity index (χ3v) is 5.57. The van der Waals surface area contributed by atoms with Crippen molar-refractivity contribution < 1.29 is 4.39 Å². The van der Waals surface area contributed by atoms with Crippen molar-refractivity contribution in [3.05, 3.63) is 65.6 Å². The number of allylic oxidation sites excluding steroid dienone is 1. The van der Waals surface area contributed by atoms with Gasteiger partial charge >= 0.3 is 0 Å². The molecule has 1 saturated carbocycles. The minimum atomic E-state index is -0.431. The highest BCUT2D eigenvalue weighted by Crippen LogP contribution is 2.31. The molecule has 1 aromatic carbocycles. The van der Waals surface area contributed by atoms with Crippen LogP contribution in [-0.4, -0.2) is 4.98 Å². The van der Waals surface area contributed by atoms with Crippen LogP contribution in [0.4, 0.5) is 4.39 Å². The molecule has 0 atom stereocenters. The monoisotopic (exact) mass is 381 g/mol. The summed E-state index contributed by atoms with van der Waals surface area (Å²) in [6.45, 7) is 3.79. The number of hydrogen-bond donors (Lipinski definition) is 0. The molecule has 3 rings (SSSR count). The first kappa shape index (κ1) is 19.6. The zero-order valence-electron chi connectivity index (χ0n) is 15.6. The molecular formula is C24H25ClFN. The molecule has 1 heterocycles. The molecule has 0 radical (unpaired) electrons. The van der Waals surface area contributed by atoms with Gasteiger partial charge in [0, 0.05) is 23.2 Å². The Bertz CT molecular complexity index is 824. The fraction of sp³-hybridized carbons (Fsp3) is 0.375. The van der Waals surface area contributed by atoms with Crippen LogP contribution >= 0.6 is 11.6 Å². The number of rotatable bonds is 5. The average Bonchev–Trinajstić information content (AvgIpc) is 2.70. The standard InChI is InChI=1S/C24H25ClFN/c1-2-3-4-5-18-6-8-19(9-7-18)10-11-20-12-15-24(27-17-20)21-13-14-22(25)23(26)16-21/h2,12-19H,1,3-9H2/t18-,19-. The van der Waals surface area contributed by atoms with Crippen LogP contribution < -0.4 is 0 Å². The Morgan fingerprint density at radius 2 is 2.00 bits per heavy atom.